The summed E-state index contributed by atoms with van der Waals surface area (Å²) >= 11 is 0. The summed E-state index contributed by atoms with van der Waals surface area (Å²) in [5.74, 6) is 0.504. The van der Waals surface area contributed by atoms with Crippen molar-refractivity contribution in [3.05, 3.63) is 0 Å². The highest BCUT2D eigenvalue weighted by molar-refractivity contribution is 5.75. The van der Waals surface area contributed by atoms with Gasteiger partial charge in [0.05, 0.1) is 26.3 Å². The van der Waals surface area contributed by atoms with Crippen molar-refractivity contribution < 1.29 is 19.1 Å². The number of hydrogen-bond acceptors (Lipinski definition) is 7. The molecular formula is C52H103N3O4. The Labute approximate surface area is 368 Å². The Morgan fingerprint density at radius 2 is 0.746 bits per heavy atom. The molecule has 0 aliphatic carbocycles. The van der Waals surface area contributed by atoms with E-state index >= 15 is 0 Å². The molecule has 0 aromatic rings. The number of rotatable bonds is 44. The number of carbonyl (C=O) groups is 2. The highest BCUT2D eigenvalue weighted by Gasteiger charge is 2.21. The van der Waals surface area contributed by atoms with Crippen LogP contribution >= 0.6 is 0 Å². The van der Waals surface area contributed by atoms with E-state index in [0.717, 1.165) is 64.8 Å². The van der Waals surface area contributed by atoms with Crippen molar-refractivity contribution in [3.8, 4) is 0 Å². The van der Waals surface area contributed by atoms with Crippen molar-refractivity contribution >= 4 is 11.9 Å². The maximum atomic E-state index is 13.5. The molecule has 59 heavy (non-hydrogen) atoms. The van der Waals surface area contributed by atoms with Crippen molar-refractivity contribution in [3.63, 3.8) is 0 Å². The largest absolute Gasteiger partial charge is 0.464 e. The van der Waals surface area contributed by atoms with E-state index in [-0.39, 0.29) is 25.0 Å². The zero-order valence-electron chi connectivity index (χ0n) is 40.5. The fraction of sp³-hybridized carbons (Fsp3) is 0.962. The molecule has 0 radical (unpaired) electrons. The lowest BCUT2D eigenvalue weighted by Crippen LogP contribution is -2.45. The van der Waals surface area contributed by atoms with Crippen LogP contribution in [0.2, 0.25) is 0 Å². The third-order valence-corrected chi connectivity index (χ3v) is 13.1. The summed E-state index contributed by atoms with van der Waals surface area (Å²) in [6.07, 6.45) is 42.3. The maximum Gasteiger partial charge on any atom is 0.320 e. The van der Waals surface area contributed by atoms with Crippen LogP contribution in [0.1, 0.15) is 240 Å². The van der Waals surface area contributed by atoms with Gasteiger partial charge in [-0.25, -0.2) is 0 Å². The number of carbonyl (C=O) groups excluding carboxylic acids is 2. The van der Waals surface area contributed by atoms with Crippen molar-refractivity contribution in [2.24, 2.45) is 11.8 Å². The van der Waals surface area contributed by atoms with Crippen LogP contribution in [0, 0.1) is 11.8 Å². The number of esters is 2. The van der Waals surface area contributed by atoms with E-state index in [2.05, 4.69) is 44.5 Å². The highest BCUT2D eigenvalue weighted by atomic mass is 16.5. The van der Waals surface area contributed by atoms with E-state index in [1.807, 2.05) is 4.90 Å². The fourth-order valence-corrected chi connectivity index (χ4v) is 8.86. The van der Waals surface area contributed by atoms with E-state index in [1.54, 1.807) is 0 Å². The third kappa shape index (κ3) is 36.1. The van der Waals surface area contributed by atoms with Gasteiger partial charge in [0.2, 0.25) is 0 Å². The molecule has 0 saturated carbocycles. The Bertz CT molecular complexity index is 852. The summed E-state index contributed by atoms with van der Waals surface area (Å²) in [6, 6.07) is 0. The zero-order valence-corrected chi connectivity index (χ0v) is 40.5. The molecule has 7 heteroatoms. The quantitative estimate of drug-likeness (QED) is 0.0447. The van der Waals surface area contributed by atoms with Gasteiger partial charge in [0.25, 0.3) is 0 Å². The molecule has 0 N–H and O–H groups in total. The van der Waals surface area contributed by atoms with E-state index in [4.69, 9.17) is 9.47 Å². The first-order chi connectivity index (χ1) is 28.9. The van der Waals surface area contributed by atoms with Gasteiger partial charge in [0, 0.05) is 32.7 Å². The topological polar surface area (TPSA) is 62.3 Å². The van der Waals surface area contributed by atoms with Gasteiger partial charge in [-0.15, -0.1) is 0 Å². The summed E-state index contributed by atoms with van der Waals surface area (Å²) < 4.78 is 12.1. The minimum atomic E-state index is -0.183. The average molecular weight is 834 g/mol. The lowest BCUT2D eigenvalue weighted by Gasteiger charge is -2.32. The predicted molar refractivity (Wildman–Crippen MR) is 254 cm³/mol. The first kappa shape index (κ1) is 55.8. The summed E-state index contributed by atoms with van der Waals surface area (Å²) in [7, 11) is 2.19. The van der Waals surface area contributed by atoms with Crippen molar-refractivity contribution in [1.82, 2.24) is 14.7 Å². The highest BCUT2D eigenvalue weighted by Crippen LogP contribution is 2.22. The lowest BCUT2D eigenvalue weighted by atomic mass is 9.94. The molecule has 0 aromatic carbocycles. The van der Waals surface area contributed by atoms with Crippen LogP contribution in [-0.4, -0.2) is 99.3 Å². The van der Waals surface area contributed by atoms with Gasteiger partial charge in [-0.05, 0) is 57.5 Å². The molecular weight excluding hydrogens is 731 g/mol. The SMILES string of the molecule is CCCCCCCCCCC(CCCCCCCC)COC(=O)CN(CCCN1CCN(C)CC1)CC(=O)OCC(CCCCCCCC)CCCCCCCCCC. The summed E-state index contributed by atoms with van der Waals surface area (Å²) in [6.45, 7) is 16.5. The molecule has 1 aliphatic heterocycles. The molecule has 1 fully saturated rings. The molecule has 0 aromatic heterocycles. The third-order valence-electron chi connectivity index (χ3n) is 13.1. The zero-order chi connectivity index (χ0) is 42.9. The number of hydrogen-bond donors (Lipinski definition) is 0. The minimum absolute atomic E-state index is 0.165. The van der Waals surface area contributed by atoms with Crippen LogP contribution < -0.4 is 0 Å². The predicted octanol–water partition coefficient (Wildman–Crippen LogP) is 13.8. The molecule has 2 unspecified atom stereocenters. The molecule has 2 atom stereocenters. The molecule has 1 aliphatic rings. The first-order valence-electron chi connectivity index (χ1n) is 26.4. The molecule has 7 nitrogen and oxygen atoms in total. The monoisotopic (exact) mass is 834 g/mol. The second-order valence-electron chi connectivity index (χ2n) is 18.9. The van der Waals surface area contributed by atoms with Crippen molar-refractivity contribution in [2.45, 2.75) is 240 Å². The molecule has 0 bridgehead atoms. The number of ether oxygens (including phenoxy) is 2. The van der Waals surface area contributed by atoms with Gasteiger partial charge in [-0.1, -0.05) is 207 Å². The van der Waals surface area contributed by atoms with Crippen LogP contribution in [0.4, 0.5) is 0 Å². The van der Waals surface area contributed by atoms with Crippen molar-refractivity contribution in [2.75, 3.05) is 72.6 Å². The van der Waals surface area contributed by atoms with Gasteiger partial charge in [-0.3, -0.25) is 14.5 Å². The van der Waals surface area contributed by atoms with E-state index in [9.17, 15) is 9.59 Å². The normalized spacial score (nSPS) is 14.9. The molecule has 0 amide bonds. The standard InChI is InChI=1S/C52H103N3O4/c1-6-10-14-18-22-24-28-32-37-49(35-30-26-20-16-12-8-3)47-58-51(56)45-55(40-34-39-54-43-41-53(5)42-44-54)46-52(57)59-48-50(36-31-27-21-17-13-9-4)38-33-29-25-23-19-15-11-7-2/h49-50H,6-48H2,1-5H3. The van der Waals surface area contributed by atoms with Crippen LogP contribution in [0.15, 0.2) is 0 Å². The van der Waals surface area contributed by atoms with Gasteiger partial charge >= 0.3 is 11.9 Å². The van der Waals surface area contributed by atoms with Crippen LogP contribution in [-0.2, 0) is 19.1 Å². The molecule has 1 heterocycles. The number of nitrogens with zero attached hydrogens (tertiary/aromatic N) is 3. The van der Waals surface area contributed by atoms with Crippen LogP contribution in [0.3, 0.4) is 0 Å². The Morgan fingerprint density at radius 1 is 0.441 bits per heavy atom. The first-order valence-corrected chi connectivity index (χ1v) is 26.4. The minimum Gasteiger partial charge on any atom is -0.464 e. The molecule has 1 saturated heterocycles. The van der Waals surface area contributed by atoms with Gasteiger partial charge in [-0.2, -0.15) is 0 Å². The van der Waals surface area contributed by atoms with Crippen LogP contribution in [0.25, 0.3) is 0 Å². The second-order valence-corrected chi connectivity index (χ2v) is 18.9. The Balaban J connectivity index is 2.76. The molecule has 350 valence electrons. The number of unbranched alkanes of at least 4 members (excludes halogenated alkanes) is 24. The second kappa shape index (κ2) is 42.1. The molecule has 1 rings (SSSR count). The van der Waals surface area contributed by atoms with Gasteiger partial charge in [0.15, 0.2) is 0 Å². The van der Waals surface area contributed by atoms with Gasteiger partial charge < -0.3 is 19.3 Å². The van der Waals surface area contributed by atoms with Crippen LogP contribution in [0.5, 0.6) is 0 Å². The van der Waals surface area contributed by atoms with Gasteiger partial charge in [0.1, 0.15) is 0 Å². The van der Waals surface area contributed by atoms with E-state index < -0.39 is 0 Å². The Kier molecular flexibility index (Phi) is 39.9. The average Bonchev–Trinajstić information content (AvgIpc) is 3.23. The fourth-order valence-electron chi connectivity index (χ4n) is 8.86. The van der Waals surface area contributed by atoms with E-state index in [0.29, 0.717) is 31.6 Å². The smallest absolute Gasteiger partial charge is 0.320 e. The lowest BCUT2D eigenvalue weighted by molar-refractivity contribution is -0.150. The Morgan fingerprint density at radius 3 is 1.07 bits per heavy atom. The summed E-state index contributed by atoms with van der Waals surface area (Å²) in [5, 5.41) is 0. The number of piperazine rings is 1. The molecule has 0 spiro atoms. The summed E-state index contributed by atoms with van der Waals surface area (Å²) in [5.41, 5.74) is 0. The van der Waals surface area contributed by atoms with Crippen molar-refractivity contribution in [1.29, 1.82) is 0 Å². The Hall–Kier alpha value is -1.18. The van der Waals surface area contributed by atoms with E-state index in [1.165, 1.54) is 180 Å². The summed E-state index contributed by atoms with van der Waals surface area (Å²) in [4.78, 5) is 33.9. The number of likely N-dealkylation sites (N-methyl/N-ethyl adjacent to an activating group) is 1. The maximum absolute atomic E-state index is 13.5.